The Labute approximate surface area is 106 Å². The average molecular weight is 266 g/mol. The van der Waals surface area contributed by atoms with Crippen LogP contribution in [0.15, 0.2) is 30.5 Å². The van der Waals surface area contributed by atoms with Crippen LogP contribution in [0.4, 0.5) is 10.8 Å². The molecule has 0 atom stereocenters. The van der Waals surface area contributed by atoms with E-state index in [4.69, 9.17) is 10.6 Å². The molecule has 18 heavy (non-hydrogen) atoms. The number of nitrogens with zero attached hydrogens (tertiary/aromatic N) is 2. The number of hydrazine groups is 1. The number of hydrogen-bond acceptors (Lipinski definition) is 7. The van der Waals surface area contributed by atoms with E-state index in [2.05, 4.69) is 10.4 Å². The largest absolute Gasteiger partial charge is 0.488 e. The van der Waals surface area contributed by atoms with Crippen molar-refractivity contribution < 1.29 is 9.66 Å². The van der Waals surface area contributed by atoms with Crippen LogP contribution in [0.25, 0.3) is 0 Å². The van der Waals surface area contributed by atoms with Gasteiger partial charge in [-0.3, -0.25) is 15.5 Å². The molecule has 0 aliphatic heterocycles. The Morgan fingerprint density at radius 2 is 2.39 bits per heavy atom. The molecule has 1 heterocycles. The van der Waals surface area contributed by atoms with Gasteiger partial charge in [-0.25, -0.2) is 10.8 Å². The van der Waals surface area contributed by atoms with Crippen LogP contribution >= 0.6 is 11.3 Å². The van der Waals surface area contributed by atoms with Gasteiger partial charge in [0.2, 0.25) is 0 Å². The van der Waals surface area contributed by atoms with E-state index in [1.54, 1.807) is 18.3 Å². The maximum Gasteiger partial charge on any atom is 0.273 e. The number of benzene rings is 1. The zero-order valence-electron chi connectivity index (χ0n) is 9.20. The molecule has 0 fully saturated rings. The minimum absolute atomic E-state index is 0.00104. The van der Waals surface area contributed by atoms with Gasteiger partial charge in [0.25, 0.3) is 5.69 Å². The molecule has 1 aromatic carbocycles. The van der Waals surface area contributed by atoms with Gasteiger partial charge in [-0.05, 0) is 6.07 Å². The van der Waals surface area contributed by atoms with E-state index < -0.39 is 4.92 Å². The molecule has 7 nitrogen and oxygen atoms in total. The molecule has 3 N–H and O–H groups in total. The van der Waals surface area contributed by atoms with Gasteiger partial charge in [0.15, 0.2) is 5.13 Å². The summed E-state index contributed by atoms with van der Waals surface area (Å²) in [6.07, 6.45) is 1.64. The summed E-state index contributed by atoms with van der Waals surface area (Å²) in [4.78, 5) is 15.0. The summed E-state index contributed by atoms with van der Waals surface area (Å²) in [5, 5.41) is 11.2. The number of ether oxygens (including phenoxy) is 1. The number of nitrogens with two attached hydrogens (primary N) is 1. The molecule has 0 aliphatic carbocycles. The third-order valence-corrected chi connectivity index (χ3v) is 2.99. The zero-order chi connectivity index (χ0) is 13.0. The predicted octanol–water partition coefficient (Wildman–Crippen LogP) is 1.92. The van der Waals surface area contributed by atoms with Gasteiger partial charge in [-0.15, -0.1) is 0 Å². The third-order valence-electron chi connectivity index (χ3n) is 2.09. The van der Waals surface area contributed by atoms with E-state index in [9.17, 15) is 10.1 Å². The molecule has 2 rings (SSSR count). The minimum atomic E-state index is -0.462. The summed E-state index contributed by atoms with van der Waals surface area (Å²) in [6.45, 7) is 0.292. The van der Waals surface area contributed by atoms with E-state index in [-0.39, 0.29) is 5.69 Å². The van der Waals surface area contributed by atoms with Crippen molar-refractivity contribution in [2.45, 2.75) is 6.61 Å². The molecule has 94 valence electrons. The van der Waals surface area contributed by atoms with Gasteiger partial charge >= 0.3 is 0 Å². The predicted molar refractivity (Wildman–Crippen MR) is 67.4 cm³/mol. The first-order valence-corrected chi connectivity index (χ1v) is 5.79. The zero-order valence-corrected chi connectivity index (χ0v) is 10.0. The van der Waals surface area contributed by atoms with Gasteiger partial charge < -0.3 is 4.74 Å². The Balaban J connectivity index is 2.01. The first-order valence-electron chi connectivity index (χ1n) is 4.97. The second kappa shape index (κ2) is 5.43. The summed E-state index contributed by atoms with van der Waals surface area (Å²) in [5.41, 5.74) is 2.43. The lowest BCUT2D eigenvalue weighted by atomic mass is 10.3. The van der Waals surface area contributed by atoms with Crippen molar-refractivity contribution in [3.05, 3.63) is 45.5 Å². The molecule has 0 unspecified atom stereocenters. The fourth-order valence-electron chi connectivity index (χ4n) is 1.28. The second-order valence-electron chi connectivity index (χ2n) is 3.32. The van der Waals surface area contributed by atoms with Gasteiger partial charge in [0, 0.05) is 12.3 Å². The number of rotatable bonds is 5. The smallest absolute Gasteiger partial charge is 0.273 e. The lowest BCUT2D eigenvalue weighted by Crippen LogP contribution is -2.05. The lowest BCUT2D eigenvalue weighted by molar-refractivity contribution is -0.384. The van der Waals surface area contributed by atoms with Crippen LogP contribution in [-0.4, -0.2) is 9.91 Å². The highest BCUT2D eigenvalue weighted by atomic mass is 32.1. The maximum absolute atomic E-state index is 10.6. The van der Waals surface area contributed by atoms with Crippen molar-refractivity contribution >= 4 is 22.2 Å². The van der Waals surface area contributed by atoms with E-state index in [1.165, 1.54) is 23.5 Å². The highest BCUT2D eigenvalue weighted by Crippen LogP contribution is 2.22. The van der Waals surface area contributed by atoms with Crippen molar-refractivity contribution in [2.75, 3.05) is 5.43 Å². The van der Waals surface area contributed by atoms with E-state index in [0.29, 0.717) is 17.5 Å². The van der Waals surface area contributed by atoms with Gasteiger partial charge in [-0.1, -0.05) is 17.4 Å². The number of anilines is 1. The molecule has 0 amide bonds. The number of non-ortho nitro benzene ring substituents is 1. The van der Waals surface area contributed by atoms with Crippen LogP contribution in [0.5, 0.6) is 5.75 Å². The Morgan fingerprint density at radius 3 is 3.06 bits per heavy atom. The molecular weight excluding hydrogens is 256 g/mol. The van der Waals surface area contributed by atoms with Crippen LogP contribution in [0.1, 0.15) is 4.88 Å². The normalized spacial score (nSPS) is 10.1. The quantitative estimate of drug-likeness (QED) is 0.487. The van der Waals surface area contributed by atoms with Gasteiger partial charge in [0.1, 0.15) is 12.4 Å². The SMILES string of the molecule is NNc1ncc(COc2cccc([N+](=O)[O-])c2)s1. The van der Waals surface area contributed by atoms with Crippen LogP contribution in [0.3, 0.4) is 0 Å². The first-order chi connectivity index (χ1) is 8.69. The Bertz CT molecular complexity index is 558. The summed E-state index contributed by atoms with van der Waals surface area (Å²) in [7, 11) is 0. The Morgan fingerprint density at radius 1 is 1.56 bits per heavy atom. The average Bonchev–Trinajstić information content (AvgIpc) is 2.84. The molecule has 0 aliphatic rings. The van der Waals surface area contributed by atoms with E-state index in [1.807, 2.05) is 0 Å². The molecule has 2 aromatic rings. The summed E-state index contributed by atoms with van der Waals surface area (Å²) >= 11 is 1.36. The van der Waals surface area contributed by atoms with Crippen LogP contribution in [-0.2, 0) is 6.61 Å². The molecular formula is C10H10N4O3S. The lowest BCUT2D eigenvalue weighted by Gasteiger charge is -2.03. The van der Waals surface area contributed by atoms with Crippen molar-refractivity contribution in [2.24, 2.45) is 5.84 Å². The van der Waals surface area contributed by atoms with Crippen molar-refractivity contribution in [3.8, 4) is 5.75 Å². The van der Waals surface area contributed by atoms with E-state index >= 15 is 0 Å². The number of aromatic nitrogens is 1. The number of nitrogens with one attached hydrogen (secondary N) is 1. The molecule has 0 saturated heterocycles. The molecule has 1 aromatic heterocycles. The minimum Gasteiger partial charge on any atom is -0.488 e. The molecule has 0 spiro atoms. The molecule has 0 radical (unpaired) electrons. The van der Waals surface area contributed by atoms with Crippen molar-refractivity contribution in [1.29, 1.82) is 0 Å². The topological polar surface area (TPSA) is 103 Å². The van der Waals surface area contributed by atoms with Gasteiger partial charge in [-0.2, -0.15) is 0 Å². The molecule has 0 bridgehead atoms. The standard InChI is InChI=1S/C10H10N4O3S/c11-13-10-12-5-9(18-10)6-17-8-3-1-2-7(4-8)14(15)16/h1-5H,6,11H2,(H,12,13). The molecule has 8 heteroatoms. The fourth-order valence-corrected chi connectivity index (χ4v) is 1.92. The van der Waals surface area contributed by atoms with Crippen LogP contribution in [0, 0.1) is 10.1 Å². The number of thiazole rings is 1. The first kappa shape index (κ1) is 12.3. The number of nitro groups is 1. The Hall–Kier alpha value is -2.19. The number of hydrogen-bond donors (Lipinski definition) is 2. The van der Waals surface area contributed by atoms with Crippen LogP contribution < -0.4 is 16.0 Å². The fraction of sp³-hybridized carbons (Fsp3) is 0.100. The maximum atomic E-state index is 10.6. The number of nitro benzene ring substituents is 1. The summed E-state index contributed by atoms with van der Waals surface area (Å²) < 4.78 is 5.44. The Kier molecular flexibility index (Phi) is 3.70. The molecule has 0 saturated carbocycles. The van der Waals surface area contributed by atoms with E-state index in [0.717, 1.165) is 4.88 Å². The second-order valence-corrected chi connectivity index (χ2v) is 4.43. The highest BCUT2D eigenvalue weighted by Gasteiger charge is 2.07. The summed E-state index contributed by atoms with van der Waals surface area (Å²) in [5.74, 6) is 5.65. The third kappa shape index (κ3) is 2.93. The monoisotopic (exact) mass is 266 g/mol. The highest BCUT2D eigenvalue weighted by molar-refractivity contribution is 7.15. The summed E-state index contributed by atoms with van der Waals surface area (Å²) in [6, 6.07) is 6.03. The van der Waals surface area contributed by atoms with Crippen molar-refractivity contribution in [3.63, 3.8) is 0 Å². The van der Waals surface area contributed by atoms with Crippen LogP contribution in [0.2, 0.25) is 0 Å². The van der Waals surface area contributed by atoms with Gasteiger partial charge in [0.05, 0.1) is 15.9 Å². The van der Waals surface area contributed by atoms with Crippen molar-refractivity contribution in [1.82, 2.24) is 4.98 Å². The number of nitrogen functional groups attached to an aromatic ring is 1.